The molecule has 0 radical (unpaired) electrons. The smallest absolute Gasteiger partial charge is 0.245 e. The molecule has 0 aromatic heterocycles. The van der Waals surface area contributed by atoms with Gasteiger partial charge in [0.05, 0.1) is 11.3 Å². The van der Waals surface area contributed by atoms with E-state index in [1.807, 2.05) is 37.3 Å². The molecule has 2 aromatic rings. The molecule has 1 heterocycles. The van der Waals surface area contributed by atoms with Gasteiger partial charge in [0.25, 0.3) is 0 Å². The zero-order valence-corrected chi connectivity index (χ0v) is 13.4. The van der Waals surface area contributed by atoms with Crippen molar-refractivity contribution < 1.29 is 9.18 Å². The Morgan fingerprint density at radius 1 is 1.29 bits per heavy atom. The number of halogens is 1. The van der Waals surface area contributed by atoms with E-state index in [1.54, 1.807) is 4.90 Å². The number of benzene rings is 2. The van der Waals surface area contributed by atoms with Crippen LogP contribution in [0.25, 0.3) is 0 Å². The van der Waals surface area contributed by atoms with E-state index in [1.165, 1.54) is 23.8 Å². The fourth-order valence-electron chi connectivity index (χ4n) is 2.87. The Balaban J connectivity index is 1.68. The molecular weight excluding hydrogens is 305 g/mol. The Kier molecular flexibility index (Phi) is 4.48. The van der Waals surface area contributed by atoms with Crippen molar-refractivity contribution in [3.8, 4) is 6.07 Å². The van der Waals surface area contributed by atoms with E-state index in [-0.39, 0.29) is 17.5 Å². The molecule has 3 rings (SSSR count). The van der Waals surface area contributed by atoms with Crippen molar-refractivity contribution in [1.82, 2.24) is 4.90 Å². The van der Waals surface area contributed by atoms with Crippen LogP contribution >= 0.6 is 0 Å². The van der Waals surface area contributed by atoms with Gasteiger partial charge in [0.2, 0.25) is 5.91 Å². The molecule has 4 nitrogen and oxygen atoms in total. The van der Waals surface area contributed by atoms with E-state index in [9.17, 15) is 9.18 Å². The average molecular weight is 323 g/mol. The Labute approximate surface area is 140 Å². The number of likely N-dealkylation sites (tertiary alicyclic amines) is 1. The topological polar surface area (TPSA) is 56.1 Å². The zero-order valence-electron chi connectivity index (χ0n) is 13.4. The van der Waals surface area contributed by atoms with Crippen molar-refractivity contribution in [2.75, 3.05) is 11.9 Å². The van der Waals surface area contributed by atoms with Gasteiger partial charge in [-0.2, -0.15) is 5.26 Å². The average Bonchev–Trinajstić information content (AvgIpc) is 2.91. The van der Waals surface area contributed by atoms with Gasteiger partial charge in [-0.25, -0.2) is 4.39 Å². The summed E-state index contributed by atoms with van der Waals surface area (Å²) in [5.74, 6) is -0.459. The number of nitrogens with zero attached hydrogens (tertiary/aromatic N) is 2. The summed E-state index contributed by atoms with van der Waals surface area (Å²) in [5.41, 5.74) is 2.98. The van der Waals surface area contributed by atoms with Gasteiger partial charge in [0, 0.05) is 13.1 Å². The van der Waals surface area contributed by atoms with Crippen LogP contribution in [0.15, 0.2) is 42.5 Å². The molecule has 1 amide bonds. The molecule has 1 aliphatic heterocycles. The summed E-state index contributed by atoms with van der Waals surface area (Å²) in [6.07, 6.45) is 0.660. The number of rotatable bonds is 4. The lowest BCUT2D eigenvalue weighted by Gasteiger charge is -2.18. The Morgan fingerprint density at radius 3 is 2.75 bits per heavy atom. The Morgan fingerprint density at radius 2 is 2.04 bits per heavy atom. The molecule has 1 saturated heterocycles. The van der Waals surface area contributed by atoms with Crippen molar-refractivity contribution in [2.24, 2.45) is 0 Å². The highest BCUT2D eigenvalue weighted by molar-refractivity contribution is 5.87. The number of nitriles is 1. The molecule has 0 aliphatic carbocycles. The van der Waals surface area contributed by atoms with Gasteiger partial charge >= 0.3 is 0 Å². The molecule has 24 heavy (non-hydrogen) atoms. The predicted octanol–water partition coefficient (Wildman–Crippen LogP) is 3.22. The standard InChI is InChI=1S/C19H18FN3O/c1-13-2-4-14(5-3-13)12-23-9-8-18(19(23)24)22-17-7-6-16(20)10-15(17)11-21/h2-7,10,18,22H,8-9,12H2,1H3. The van der Waals surface area contributed by atoms with Gasteiger partial charge in [-0.1, -0.05) is 29.8 Å². The van der Waals surface area contributed by atoms with Crippen molar-refractivity contribution in [1.29, 1.82) is 5.26 Å². The van der Waals surface area contributed by atoms with E-state index < -0.39 is 5.82 Å². The third-order valence-corrected chi connectivity index (χ3v) is 4.22. The quantitative estimate of drug-likeness (QED) is 0.940. The lowest BCUT2D eigenvalue weighted by molar-refractivity contribution is -0.128. The Bertz CT molecular complexity index is 795. The zero-order chi connectivity index (χ0) is 17.1. The summed E-state index contributed by atoms with van der Waals surface area (Å²) < 4.78 is 13.2. The first kappa shape index (κ1) is 16.0. The maximum Gasteiger partial charge on any atom is 0.245 e. The van der Waals surface area contributed by atoms with Gasteiger partial charge < -0.3 is 10.2 Å². The minimum Gasteiger partial charge on any atom is -0.373 e. The number of anilines is 1. The van der Waals surface area contributed by atoms with Gasteiger partial charge in [0.1, 0.15) is 17.9 Å². The van der Waals surface area contributed by atoms with Crippen LogP contribution in [0, 0.1) is 24.1 Å². The molecular formula is C19H18FN3O. The van der Waals surface area contributed by atoms with Crippen LogP contribution in [0.1, 0.15) is 23.1 Å². The van der Waals surface area contributed by atoms with Crippen molar-refractivity contribution >= 4 is 11.6 Å². The first-order valence-corrected chi connectivity index (χ1v) is 7.87. The number of carbonyl (C=O) groups is 1. The summed E-state index contributed by atoms with van der Waals surface area (Å²) in [6, 6.07) is 13.6. The summed E-state index contributed by atoms with van der Waals surface area (Å²) in [7, 11) is 0. The Hall–Kier alpha value is -2.87. The van der Waals surface area contributed by atoms with Crippen LogP contribution in [-0.4, -0.2) is 23.4 Å². The summed E-state index contributed by atoms with van der Waals surface area (Å²) >= 11 is 0. The number of hydrogen-bond donors (Lipinski definition) is 1. The fraction of sp³-hybridized carbons (Fsp3) is 0.263. The van der Waals surface area contributed by atoms with Crippen molar-refractivity contribution in [3.05, 3.63) is 65.0 Å². The second-order valence-corrected chi connectivity index (χ2v) is 6.03. The van der Waals surface area contributed by atoms with Crippen LogP contribution < -0.4 is 5.32 Å². The molecule has 1 aliphatic rings. The van der Waals surface area contributed by atoms with Crippen LogP contribution in [0.3, 0.4) is 0 Å². The van der Waals surface area contributed by atoms with E-state index in [4.69, 9.17) is 5.26 Å². The third-order valence-electron chi connectivity index (χ3n) is 4.22. The normalized spacial score (nSPS) is 17.0. The number of hydrogen-bond acceptors (Lipinski definition) is 3. The van der Waals surface area contributed by atoms with Crippen molar-refractivity contribution in [3.63, 3.8) is 0 Å². The molecule has 0 bridgehead atoms. The molecule has 1 unspecified atom stereocenters. The van der Waals surface area contributed by atoms with Crippen LogP contribution in [-0.2, 0) is 11.3 Å². The van der Waals surface area contributed by atoms with E-state index in [0.29, 0.717) is 25.2 Å². The molecule has 1 fully saturated rings. The van der Waals surface area contributed by atoms with Crippen molar-refractivity contribution in [2.45, 2.75) is 25.9 Å². The predicted molar refractivity (Wildman–Crippen MR) is 89.7 cm³/mol. The fourth-order valence-corrected chi connectivity index (χ4v) is 2.87. The molecule has 1 atom stereocenters. The summed E-state index contributed by atoms with van der Waals surface area (Å²) in [4.78, 5) is 14.4. The molecule has 2 aromatic carbocycles. The monoisotopic (exact) mass is 323 g/mol. The van der Waals surface area contributed by atoms with Crippen LogP contribution in [0.2, 0.25) is 0 Å². The highest BCUT2D eigenvalue weighted by atomic mass is 19.1. The van der Waals surface area contributed by atoms with E-state index >= 15 is 0 Å². The highest BCUT2D eigenvalue weighted by Crippen LogP contribution is 2.22. The number of aryl methyl sites for hydroxylation is 1. The molecule has 1 N–H and O–H groups in total. The lowest BCUT2D eigenvalue weighted by atomic mass is 10.1. The molecule has 0 saturated carbocycles. The third kappa shape index (κ3) is 3.38. The van der Waals surface area contributed by atoms with Gasteiger partial charge in [-0.15, -0.1) is 0 Å². The first-order chi connectivity index (χ1) is 11.6. The maximum absolute atomic E-state index is 13.2. The maximum atomic E-state index is 13.2. The van der Waals surface area contributed by atoms with Gasteiger partial charge in [0.15, 0.2) is 0 Å². The summed E-state index contributed by atoms with van der Waals surface area (Å²) in [6.45, 7) is 3.26. The molecule has 5 heteroatoms. The van der Waals surface area contributed by atoms with Gasteiger partial charge in [-0.05, 0) is 37.1 Å². The van der Waals surface area contributed by atoms with Crippen LogP contribution in [0.4, 0.5) is 10.1 Å². The number of carbonyl (C=O) groups excluding carboxylic acids is 1. The summed E-state index contributed by atoms with van der Waals surface area (Å²) in [5, 5.41) is 12.2. The number of amides is 1. The van der Waals surface area contributed by atoms with E-state index in [2.05, 4.69) is 5.32 Å². The minimum absolute atomic E-state index is 0.00351. The number of nitrogens with one attached hydrogen (secondary N) is 1. The minimum atomic E-state index is -0.462. The van der Waals surface area contributed by atoms with E-state index in [0.717, 1.165) is 5.56 Å². The molecule has 122 valence electrons. The lowest BCUT2D eigenvalue weighted by Crippen LogP contribution is -2.33. The molecule has 0 spiro atoms. The van der Waals surface area contributed by atoms with Crippen LogP contribution in [0.5, 0.6) is 0 Å². The second kappa shape index (κ2) is 6.71. The first-order valence-electron chi connectivity index (χ1n) is 7.87. The highest BCUT2D eigenvalue weighted by Gasteiger charge is 2.31. The SMILES string of the molecule is Cc1ccc(CN2CCC(Nc3ccc(F)cc3C#N)C2=O)cc1. The van der Waals surface area contributed by atoms with Gasteiger partial charge in [-0.3, -0.25) is 4.79 Å². The largest absolute Gasteiger partial charge is 0.373 e. The second-order valence-electron chi connectivity index (χ2n) is 6.03.